The predicted octanol–water partition coefficient (Wildman–Crippen LogP) is 2.02. The van der Waals surface area contributed by atoms with Crippen LogP contribution in [0.2, 0.25) is 0 Å². The van der Waals surface area contributed by atoms with E-state index in [0.29, 0.717) is 11.8 Å². The molecular weight excluding hydrogens is 222 g/mol. The molecule has 3 nitrogen and oxygen atoms in total. The van der Waals surface area contributed by atoms with Gasteiger partial charge in [0.2, 0.25) is 0 Å². The smallest absolute Gasteiger partial charge is 0.0438 e. The molecule has 0 spiro atoms. The third kappa shape index (κ3) is 2.73. The average molecular weight is 245 g/mol. The number of piperidine rings is 2. The van der Waals surface area contributed by atoms with Gasteiger partial charge in [0, 0.05) is 23.2 Å². The first-order chi connectivity index (χ1) is 8.93. The first-order valence-corrected chi connectivity index (χ1v) is 7.32. The van der Waals surface area contributed by atoms with Gasteiger partial charge in [-0.3, -0.25) is 4.98 Å². The van der Waals surface area contributed by atoms with Crippen molar-refractivity contribution in [1.29, 1.82) is 0 Å². The molecule has 2 N–H and O–H groups in total. The maximum atomic E-state index is 4.96. The van der Waals surface area contributed by atoms with Crippen molar-refractivity contribution < 1.29 is 0 Å². The fourth-order valence-electron chi connectivity index (χ4n) is 3.16. The summed E-state index contributed by atoms with van der Waals surface area (Å²) in [4.78, 5) is 4.96. The van der Waals surface area contributed by atoms with Crippen LogP contribution in [0.3, 0.4) is 0 Å². The molecule has 0 aromatic carbocycles. The molecule has 0 unspecified atom stereocenters. The number of hydrogen-bond donors (Lipinski definition) is 2. The molecule has 3 rings (SSSR count). The van der Waals surface area contributed by atoms with Gasteiger partial charge in [-0.1, -0.05) is 6.07 Å². The lowest BCUT2D eigenvalue weighted by Crippen LogP contribution is -2.28. The Kier molecular flexibility index (Phi) is 3.91. The van der Waals surface area contributed by atoms with Crippen LogP contribution in [0.5, 0.6) is 0 Å². The van der Waals surface area contributed by atoms with Crippen molar-refractivity contribution >= 4 is 0 Å². The highest BCUT2D eigenvalue weighted by Crippen LogP contribution is 2.28. The van der Waals surface area contributed by atoms with Gasteiger partial charge in [-0.25, -0.2) is 0 Å². The monoisotopic (exact) mass is 245 g/mol. The Balaban J connectivity index is 1.75. The van der Waals surface area contributed by atoms with Crippen LogP contribution < -0.4 is 10.6 Å². The zero-order valence-corrected chi connectivity index (χ0v) is 11.0. The number of nitrogens with one attached hydrogen (secondary N) is 2. The molecule has 18 heavy (non-hydrogen) atoms. The van der Waals surface area contributed by atoms with Crippen LogP contribution in [0, 0.1) is 0 Å². The van der Waals surface area contributed by atoms with Gasteiger partial charge >= 0.3 is 0 Å². The van der Waals surface area contributed by atoms with Gasteiger partial charge < -0.3 is 10.6 Å². The number of pyridine rings is 1. The van der Waals surface area contributed by atoms with E-state index in [-0.39, 0.29) is 0 Å². The molecule has 1 aromatic rings. The van der Waals surface area contributed by atoms with Crippen molar-refractivity contribution in [1.82, 2.24) is 15.6 Å². The van der Waals surface area contributed by atoms with Crippen LogP contribution in [-0.2, 0) is 0 Å². The largest absolute Gasteiger partial charge is 0.317 e. The highest BCUT2D eigenvalue weighted by atomic mass is 14.9. The van der Waals surface area contributed by atoms with Crippen LogP contribution in [0.4, 0.5) is 0 Å². The maximum absolute atomic E-state index is 4.96. The summed E-state index contributed by atoms with van der Waals surface area (Å²) in [5.41, 5.74) is 2.65. The molecule has 0 atom stereocenters. The van der Waals surface area contributed by atoms with Crippen LogP contribution in [0.15, 0.2) is 18.2 Å². The number of nitrogens with zero attached hydrogens (tertiary/aromatic N) is 1. The van der Waals surface area contributed by atoms with E-state index in [1.807, 2.05) is 0 Å². The molecule has 1 aromatic heterocycles. The third-order valence-corrected chi connectivity index (χ3v) is 4.31. The fourth-order valence-corrected chi connectivity index (χ4v) is 3.16. The topological polar surface area (TPSA) is 37.0 Å². The molecule has 2 fully saturated rings. The molecule has 0 bridgehead atoms. The van der Waals surface area contributed by atoms with Crippen molar-refractivity contribution in [2.24, 2.45) is 0 Å². The van der Waals surface area contributed by atoms with E-state index in [2.05, 4.69) is 28.8 Å². The van der Waals surface area contributed by atoms with Gasteiger partial charge in [-0.2, -0.15) is 0 Å². The quantitative estimate of drug-likeness (QED) is 0.837. The Labute approximate surface area is 109 Å². The van der Waals surface area contributed by atoms with E-state index in [4.69, 9.17) is 4.98 Å². The molecule has 2 saturated heterocycles. The van der Waals surface area contributed by atoms with E-state index < -0.39 is 0 Å². The first kappa shape index (κ1) is 12.1. The van der Waals surface area contributed by atoms with Crippen molar-refractivity contribution in [2.75, 3.05) is 26.2 Å². The van der Waals surface area contributed by atoms with Crippen molar-refractivity contribution in [3.63, 3.8) is 0 Å². The molecule has 0 aliphatic carbocycles. The van der Waals surface area contributed by atoms with E-state index in [9.17, 15) is 0 Å². The summed E-state index contributed by atoms with van der Waals surface area (Å²) in [6.45, 7) is 4.57. The van der Waals surface area contributed by atoms with Gasteiger partial charge in [0.15, 0.2) is 0 Å². The van der Waals surface area contributed by atoms with Crippen LogP contribution in [0.1, 0.15) is 48.9 Å². The first-order valence-electron chi connectivity index (χ1n) is 7.32. The Morgan fingerprint density at radius 3 is 1.67 bits per heavy atom. The van der Waals surface area contributed by atoms with Crippen molar-refractivity contribution in [2.45, 2.75) is 37.5 Å². The van der Waals surface area contributed by atoms with E-state index in [1.54, 1.807) is 0 Å². The van der Waals surface area contributed by atoms with Gasteiger partial charge in [-0.05, 0) is 64.0 Å². The highest BCUT2D eigenvalue weighted by Gasteiger charge is 2.20. The van der Waals surface area contributed by atoms with E-state index in [0.717, 1.165) is 26.2 Å². The summed E-state index contributed by atoms with van der Waals surface area (Å²) in [6.07, 6.45) is 4.96. The normalized spacial score (nSPS) is 23.1. The molecule has 3 heterocycles. The average Bonchev–Trinajstić information content (AvgIpc) is 2.49. The summed E-state index contributed by atoms with van der Waals surface area (Å²) in [6, 6.07) is 6.66. The molecule has 0 radical (unpaired) electrons. The van der Waals surface area contributed by atoms with Crippen molar-refractivity contribution in [3.8, 4) is 0 Å². The Bertz CT molecular complexity index is 346. The SMILES string of the molecule is c1cc(C2CCNCC2)nc(C2CCNCC2)c1. The minimum Gasteiger partial charge on any atom is -0.317 e. The van der Waals surface area contributed by atoms with Crippen molar-refractivity contribution in [3.05, 3.63) is 29.6 Å². The Morgan fingerprint density at radius 1 is 0.778 bits per heavy atom. The molecule has 0 saturated carbocycles. The van der Waals surface area contributed by atoms with Crippen LogP contribution >= 0.6 is 0 Å². The third-order valence-electron chi connectivity index (χ3n) is 4.31. The van der Waals surface area contributed by atoms with E-state index >= 15 is 0 Å². The lowest BCUT2D eigenvalue weighted by Gasteiger charge is -2.25. The zero-order chi connectivity index (χ0) is 12.2. The summed E-state index contributed by atoms with van der Waals surface area (Å²) in [5, 5.41) is 6.85. The van der Waals surface area contributed by atoms with Gasteiger partial charge in [-0.15, -0.1) is 0 Å². The van der Waals surface area contributed by atoms with Gasteiger partial charge in [0.05, 0.1) is 0 Å². The van der Waals surface area contributed by atoms with Crippen LogP contribution in [-0.4, -0.2) is 31.2 Å². The molecular formula is C15H23N3. The predicted molar refractivity (Wildman–Crippen MR) is 73.9 cm³/mol. The zero-order valence-electron chi connectivity index (χ0n) is 11.0. The maximum Gasteiger partial charge on any atom is 0.0438 e. The standard InChI is InChI=1S/C15H23N3/c1-2-14(12-4-8-16-9-5-12)18-15(3-1)13-6-10-17-11-7-13/h1-3,12-13,16-17H,4-11H2. The molecule has 3 heteroatoms. The second-order valence-corrected chi connectivity index (χ2v) is 5.54. The molecule has 2 aliphatic rings. The highest BCUT2D eigenvalue weighted by molar-refractivity contribution is 5.18. The summed E-state index contributed by atoms with van der Waals surface area (Å²) < 4.78 is 0. The van der Waals surface area contributed by atoms with Gasteiger partial charge in [0.1, 0.15) is 0 Å². The lowest BCUT2D eigenvalue weighted by atomic mass is 9.91. The minimum absolute atomic E-state index is 0.674. The number of hydrogen-bond acceptors (Lipinski definition) is 3. The number of aromatic nitrogens is 1. The minimum atomic E-state index is 0.674. The molecule has 2 aliphatic heterocycles. The summed E-state index contributed by atoms with van der Waals surface area (Å²) in [7, 11) is 0. The summed E-state index contributed by atoms with van der Waals surface area (Å²) >= 11 is 0. The number of rotatable bonds is 2. The van der Waals surface area contributed by atoms with E-state index in [1.165, 1.54) is 37.1 Å². The molecule has 0 amide bonds. The van der Waals surface area contributed by atoms with Gasteiger partial charge in [0.25, 0.3) is 0 Å². The lowest BCUT2D eigenvalue weighted by molar-refractivity contribution is 0.438. The summed E-state index contributed by atoms with van der Waals surface area (Å²) in [5.74, 6) is 1.35. The second-order valence-electron chi connectivity index (χ2n) is 5.54. The second kappa shape index (κ2) is 5.81. The Morgan fingerprint density at radius 2 is 1.22 bits per heavy atom. The molecule has 98 valence electrons. The van der Waals surface area contributed by atoms with Crippen LogP contribution in [0.25, 0.3) is 0 Å². The fraction of sp³-hybridized carbons (Fsp3) is 0.667. The Hall–Kier alpha value is -0.930.